The van der Waals surface area contributed by atoms with Gasteiger partial charge in [-0.15, -0.1) is 0 Å². The lowest BCUT2D eigenvalue weighted by Gasteiger charge is -1.94. The summed E-state index contributed by atoms with van der Waals surface area (Å²) in [5.41, 5.74) is 1.97. The van der Waals surface area contributed by atoms with Gasteiger partial charge in [-0.05, 0) is 17.2 Å². The van der Waals surface area contributed by atoms with Gasteiger partial charge in [-0.25, -0.2) is 0 Å². The quantitative estimate of drug-likeness (QED) is 0.636. The fraction of sp³-hybridized carbons (Fsp3) is 0.0909. The van der Waals surface area contributed by atoms with Gasteiger partial charge in [0.05, 0.1) is 18.6 Å². The van der Waals surface area contributed by atoms with Crippen molar-refractivity contribution in [1.82, 2.24) is 0 Å². The van der Waals surface area contributed by atoms with Crippen molar-refractivity contribution in [3.05, 3.63) is 41.5 Å². The van der Waals surface area contributed by atoms with E-state index in [1.54, 1.807) is 6.08 Å². The van der Waals surface area contributed by atoms with Crippen LogP contribution < -0.4 is 0 Å². The maximum atomic E-state index is 8.42. The van der Waals surface area contributed by atoms with Crippen molar-refractivity contribution in [2.75, 3.05) is 0 Å². The van der Waals surface area contributed by atoms with Crippen LogP contribution in [0.2, 0.25) is 0 Å². The lowest BCUT2D eigenvalue weighted by Crippen LogP contribution is -1.80. The Morgan fingerprint density at radius 1 is 1.15 bits per heavy atom. The highest BCUT2D eigenvalue weighted by Crippen LogP contribution is 2.06. The van der Waals surface area contributed by atoms with E-state index in [9.17, 15) is 0 Å². The zero-order chi connectivity index (χ0) is 9.52. The summed E-state index contributed by atoms with van der Waals surface area (Å²) in [4.78, 5) is 0. The van der Waals surface area contributed by atoms with Gasteiger partial charge in [0.15, 0.2) is 0 Å². The normalized spacial score (nSPS) is 9.38. The molecule has 0 saturated heterocycles. The van der Waals surface area contributed by atoms with E-state index in [1.165, 1.54) is 6.08 Å². The smallest absolute Gasteiger partial charge is 0.0912 e. The van der Waals surface area contributed by atoms with Crippen molar-refractivity contribution in [2.45, 2.75) is 6.42 Å². The van der Waals surface area contributed by atoms with Crippen LogP contribution >= 0.6 is 0 Å². The standard InChI is InChI=1S/C11H8N2/c12-8-1-2-10-3-5-11(6-4-10)7-9-13/h1-6H,7H2. The Morgan fingerprint density at radius 2 is 1.85 bits per heavy atom. The molecule has 0 atom stereocenters. The largest absolute Gasteiger partial charge is 0.198 e. The third-order valence-corrected chi connectivity index (χ3v) is 1.61. The number of hydrogen-bond acceptors (Lipinski definition) is 2. The van der Waals surface area contributed by atoms with E-state index in [0.29, 0.717) is 6.42 Å². The molecule has 0 N–H and O–H groups in total. The molecule has 0 aliphatic carbocycles. The summed E-state index contributed by atoms with van der Waals surface area (Å²) in [5.74, 6) is 0. The minimum Gasteiger partial charge on any atom is -0.198 e. The molecular formula is C11H8N2. The molecule has 62 valence electrons. The second-order valence-electron chi connectivity index (χ2n) is 2.54. The molecule has 0 fully saturated rings. The molecule has 0 aromatic heterocycles. The maximum Gasteiger partial charge on any atom is 0.0912 e. The highest BCUT2D eigenvalue weighted by Gasteiger charge is 1.90. The molecule has 0 heterocycles. The molecule has 13 heavy (non-hydrogen) atoms. The van der Waals surface area contributed by atoms with Crippen molar-refractivity contribution < 1.29 is 0 Å². The Morgan fingerprint density at radius 3 is 2.38 bits per heavy atom. The van der Waals surface area contributed by atoms with Crippen LogP contribution in [0.25, 0.3) is 6.08 Å². The fourth-order valence-corrected chi connectivity index (χ4v) is 0.971. The topological polar surface area (TPSA) is 47.6 Å². The fourth-order valence-electron chi connectivity index (χ4n) is 0.971. The predicted octanol–water partition coefficient (Wildman–Crippen LogP) is 2.29. The molecule has 0 radical (unpaired) electrons. The highest BCUT2D eigenvalue weighted by atomic mass is 14.2. The first-order chi connectivity index (χ1) is 6.36. The first kappa shape index (κ1) is 9.03. The molecule has 0 amide bonds. The zero-order valence-corrected chi connectivity index (χ0v) is 7.07. The number of allylic oxidation sites excluding steroid dienone is 1. The lowest BCUT2D eigenvalue weighted by molar-refractivity contribution is 1.26. The maximum absolute atomic E-state index is 8.42. The minimum atomic E-state index is 0.433. The summed E-state index contributed by atoms with van der Waals surface area (Å²) >= 11 is 0. The van der Waals surface area contributed by atoms with Crippen LogP contribution in [0.4, 0.5) is 0 Å². The molecular weight excluding hydrogens is 160 g/mol. The molecule has 2 nitrogen and oxygen atoms in total. The number of nitrogens with zero attached hydrogens (tertiary/aromatic N) is 2. The third-order valence-electron chi connectivity index (χ3n) is 1.61. The first-order valence-corrected chi connectivity index (χ1v) is 3.89. The summed E-state index contributed by atoms with van der Waals surface area (Å²) < 4.78 is 0. The van der Waals surface area contributed by atoms with Crippen LogP contribution in [-0.4, -0.2) is 0 Å². The Kier molecular flexibility index (Phi) is 3.30. The Bertz CT molecular complexity index is 374. The molecule has 0 aliphatic heterocycles. The van der Waals surface area contributed by atoms with Crippen molar-refractivity contribution in [3.63, 3.8) is 0 Å². The van der Waals surface area contributed by atoms with Crippen molar-refractivity contribution in [2.24, 2.45) is 0 Å². The highest BCUT2D eigenvalue weighted by molar-refractivity contribution is 5.52. The second-order valence-corrected chi connectivity index (χ2v) is 2.54. The summed E-state index contributed by atoms with van der Waals surface area (Å²) in [5, 5.41) is 16.7. The zero-order valence-electron chi connectivity index (χ0n) is 7.07. The lowest BCUT2D eigenvalue weighted by atomic mass is 10.1. The molecule has 1 aromatic carbocycles. The van der Waals surface area contributed by atoms with E-state index in [-0.39, 0.29) is 0 Å². The Balaban J connectivity index is 2.78. The van der Waals surface area contributed by atoms with Gasteiger partial charge in [-0.3, -0.25) is 0 Å². The molecule has 1 rings (SSSR count). The molecule has 0 spiro atoms. The summed E-state index contributed by atoms with van der Waals surface area (Å²) in [6, 6.07) is 11.6. The average molecular weight is 168 g/mol. The van der Waals surface area contributed by atoms with E-state index in [4.69, 9.17) is 10.5 Å². The summed E-state index contributed by atoms with van der Waals surface area (Å²) in [6.45, 7) is 0. The number of hydrogen-bond donors (Lipinski definition) is 0. The van der Waals surface area contributed by atoms with Crippen molar-refractivity contribution >= 4 is 6.08 Å². The molecule has 0 unspecified atom stereocenters. The van der Waals surface area contributed by atoms with Gasteiger partial charge in [0.1, 0.15) is 0 Å². The average Bonchev–Trinajstić information content (AvgIpc) is 2.17. The molecule has 1 aromatic rings. The van der Waals surface area contributed by atoms with Gasteiger partial charge in [-0.1, -0.05) is 24.3 Å². The van der Waals surface area contributed by atoms with E-state index in [1.807, 2.05) is 30.3 Å². The molecule has 0 bridgehead atoms. The number of nitriles is 2. The van der Waals surface area contributed by atoms with E-state index in [2.05, 4.69) is 6.07 Å². The Hall–Kier alpha value is -2.06. The van der Waals surface area contributed by atoms with Gasteiger partial charge in [0.25, 0.3) is 0 Å². The van der Waals surface area contributed by atoms with Gasteiger partial charge >= 0.3 is 0 Å². The van der Waals surface area contributed by atoms with Crippen LogP contribution in [0.5, 0.6) is 0 Å². The van der Waals surface area contributed by atoms with Crippen molar-refractivity contribution in [1.29, 1.82) is 10.5 Å². The number of rotatable bonds is 2. The van der Waals surface area contributed by atoms with Crippen LogP contribution in [0.15, 0.2) is 30.3 Å². The first-order valence-electron chi connectivity index (χ1n) is 3.89. The predicted molar refractivity (Wildman–Crippen MR) is 50.4 cm³/mol. The minimum absolute atomic E-state index is 0.433. The van der Waals surface area contributed by atoms with E-state index in [0.717, 1.165) is 11.1 Å². The monoisotopic (exact) mass is 168 g/mol. The summed E-state index contributed by atoms with van der Waals surface area (Å²) in [6.07, 6.45) is 3.59. The van der Waals surface area contributed by atoms with Gasteiger partial charge in [-0.2, -0.15) is 10.5 Å². The van der Waals surface area contributed by atoms with Crippen LogP contribution in [0.3, 0.4) is 0 Å². The third kappa shape index (κ3) is 2.81. The SMILES string of the molecule is N#CC=Cc1ccc(CC#N)cc1. The van der Waals surface area contributed by atoms with Gasteiger partial charge in [0.2, 0.25) is 0 Å². The van der Waals surface area contributed by atoms with Crippen molar-refractivity contribution in [3.8, 4) is 12.1 Å². The van der Waals surface area contributed by atoms with Crippen LogP contribution in [0, 0.1) is 22.7 Å². The van der Waals surface area contributed by atoms with E-state index >= 15 is 0 Å². The second kappa shape index (κ2) is 4.74. The molecule has 0 aliphatic rings. The summed E-state index contributed by atoms with van der Waals surface area (Å²) in [7, 11) is 0. The molecule has 2 heteroatoms. The van der Waals surface area contributed by atoms with Gasteiger partial charge in [0, 0.05) is 6.08 Å². The van der Waals surface area contributed by atoms with E-state index < -0.39 is 0 Å². The Labute approximate surface area is 77.4 Å². The molecule has 0 saturated carbocycles. The van der Waals surface area contributed by atoms with Gasteiger partial charge < -0.3 is 0 Å². The van der Waals surface area contributed by atoms with Crippen LogP contribution in [0.1, 0.15) is 11.1 Å². The number of benzene rings is 1. The van der Waals surface area contributed by atoms with Crippen LogP contribution in [-0.2, 0) is 6.42 Å².